The van der Waals surface area contributed by atoms with E-state index in [1.165, 1.54) is 0 Å². The summed E-state index contributed by atoms with van der Waals surface area (Å²) < 4.78 is 0. The number of fused-ring (bicyclic) bond motifs is 1. The maximum atomic E-state index is 6.34. The first-order valence-electron chi connectivity index (χ1n) is 6.62. The van der Waals surface area contributed by atoms with E-state index in [9.17, 15) is 0 Å². The largest absolute Gasteiger partial charge is 0.320 e. The third kappa shape index (κ3) is 2.88. The molecule has 21 heavy (non-hydrogen) atoms. The Bertz CT molecular complexity index is 815. The summed E-state index contributed by atoms with van der Waals surface area (Å²) in [6.07, 6.45) is 0. The molecule has 0 aliphatic heterocycles. The first-order valence-corrected chi connectivity index (χ1v) is 7.38. The minimum atomic E-state index is -0.291. The molecule has 1 atom stereocenters. The van der Waals surface area contributed by atoms with Gasteiger partial charge < -0.3 is 5.73 Å². The number of nitrogens with two attached hydrogens (primary N) is 1. The number of halogens is 2. The quantitative estimate of drug-likeness (QED) is 0.730. The summed E-state index contributed by atoms with van der Waals surface area (Å²) in [5, 5.41) is 2.25. The Kier molecular flexibility index (Phi) is 3.85. The van der Waals surface area contributed by atoms with Gasteiger partial charge in [0.1, 0.15) is 0 Å². The van der Waals surface area contributed by atoms with Crippen molar-refractivity contribution in [1.82, 2.24) is 4.98 Å². The van der Waals surface area contributed by atoms with Gasteiger partial charge in [-0.15, -0.1) is 0 Å². The summed E-state index contributed by atoms with van der Waals surface area (Å²) in [5.74, 6) is 0. The van der Waals surface area contributed by atoms with E-state index >= 15 is 0 Å². The maximum absolute atomic E-state index is 6.34. The molecule has 106 valence electrons. The lowest BCUT2D eigenvalue weighted by Gasteiger charge is -2.15. The summed E-state index contributed by atoms with van der Waals surface area (Å²) in [6.45, 7) is 1.98. The lowest BCUT2D eigenvalue weighted by atomic mass is 9.98. The number of aryl methyl sites for hydroxylation is 1. The Morgan fingerprint density at radius 1 is 1.00 bits per heavy atom. The van der Waals surface area contributed by atoms with E-state index in [2.05, 4.69) is 17.1 Å². The van der Waals surface area contributed by atoms with Gasteiger partial charge in [-0.1, -0.05) is 41.4 Å². The fraction of sp³-hybridized carbons (Fsp3) is 0.118. The van der Waals surface area contributed by atoms with Gasteiger partial charge in [-0.25, -0.2) is 0 Å². The van der Waals surface area contributed by atoms with Crippen molar-refractivity contribution in [3.63, 3.8) is 0 Å². The first kappa shape index (κ1) is 14.3. The van der Waals surface area contributed by atoms with Crippen LogP contribution in [0.25, 0.3) is 10.9 Å². The highest BCUT2D eigenvalue weighted by Crippen LogP contribution is 2.30. The number of hydrogen-bond donors (Lipinski definition) is 1. The average molecular weight is 317 g/mol. The molecule has 0 saturated carbocycles. The van der Waals surface area contributed by atoms with Gasteiger partial charge in [0.25, 0.3) is 0 Å². The van der Waals surface area contributed by atoms with Crippen molar-refractivity contribution in [2.75, 3.05) is 0 Å². The Balaban J connectivity index is 2.04. The molecule has 0 aliphatic rings. The molecule has 2 aromatic carbocycles. The van der Waals surface area contributed by atoms with Crippen LogP contribution in [-0.2, 0) is 0 Å². The highest BCUT2D eigenvalue weighted by molar-refractivity contribution is 6.35. The number of benzene rings is 2. The second-order valence-corrected chi connectivity index (χ2v) is 5.89. The van der Waals surface area contributed by atoms with E-state index in [4.69, 9.17) is 28.9 Å². The Hall–Kier alpha value is -1.61. The van der Waals surface area contributed by atoms with Crippen molar-refractivity contribution >= 4 is 34.1 Å². The molecule has 1 unspecified atom stereocenters. The fourth-order valence-electron chi connectivity index (χ4n) is 2.37. The molecule has 3 rings (SSSR count). The van der Waals surface area contributed by atoms with Crippen LogP contribution in [0.4, 0.5) is 0 Å². The molecular weight excluding hydrogens is 303 g/mol. The topological polar surface area (TPSA) is 38.9 Å². The highest BCUT2D eigenvalue weighted by Gasteiger charge is 2.13. The molecule has 0 aliphatic carbocycles. The summed E-state index contributed by atoms with van der Waals surface area (Å²) in [5.41, 5.74) is 10.2. The molecule has 0 spiro atoms. The summed E-state index contributed by atoms with van der Waals surface area (Å²) in [6, 6.07) is 15.2. The molecule has 0 fully saturated rings. The monoisotopic (exact) mass is 316 g/mol. The van der Waals surface area contributed by atoms with Crippen molar-refractivity contribution in [1.29, 1.82) is 0 Å². The van der Waals surface area contributed by atoms with E-state index in [0.29, 0.717) is 10.0 Å². The third-order valence-corrected chi connectivity index (χ3v) is 4.07. The van der Waals surface area contributed by atoms with Crippen molar-refractivity contribution in [2.45, 2.75) is 13.0 Å². The van der Waals surface area contributed by atoms with Crippen LogP contribution in [-0.4, -0.2) is 4.98 Å². The van der Waals surface area contributed by atoms with Crippen LogP contribution in [0.15, 0.2) is 48.5 Å². The molecule has 0 radical (unpaired) electrons. The van der Waals surface area contributed by atoms with Crippen molar-refractivity contribution in [2.24, 2.45) is 5.73 Å². The third-order valence-electron chi connectivity index (χ3n) is 3.51. The zero-order chi connectivity index (χ0) is 15.0. The standard InChI is InChI=1S/C17H14Cl2N2/c1-10-2-3-11-8-12(4-7-16(11)21-10)17(20)14-6-5-13(18)9-15(14)19/h2-9,17H,20H2,1H3. The Morgan fingerprint density at radius 3 is 2.57 bits per heavy atom. The molecule has 1 heterocycles. The smallest absolute Gasteiger partial charge is 0.0705 e. The van der Waals surface area contributed by atoms with Gasteiger partial charge >= 0.3 is 0 Å². The van der Waals surface area contributed by atoms with Gasteiger partial charge in [0, 0.05) is 21.1 Å². The lowest BCUT2D eigenvalue weighted by Crippen LogP contribution is -2.12. The Labute approximate surface area is 133 Å². The van der Waals surface area contributed by atoms with Crippen LogP contribution in [0.2, 0.25) is 10.0 Å². The highest BCUT2D eigenvalue weighted by atomic mass is 35.5. The minimum Gasteiger partial charge on any atom is -0.320 e. The zero-order valence-electron chi connectivity index (χ0n) is 11.5. The molecule has 1 aromatic heterocycles. The molecule has 3 aromatic rings. The molecule has 0 amide bonds. The average Bonchev–Trinajstić information content (AvgIpc) is 2.46. The van der Waals surface area contributed by atoms with E-state index in [0.717, 1.165) is 27.7 Å². The first-order chi connectivity index (χ1) is 10.0. The molecule has 2 nitrogen and oxygen atoms in total. The minimum absolute atomic E-state index is 0.291. The van der Waals surface area contributed by atoms with Crippen LogP contribution < -0.4 is 5.73 Å². The number of pyridine rings is 1. The summed E-state index contributed by atoms with van der Waals surface area (Å²) in [7, 11) is 0. The van der Waals surface area contributed by atoms with E-state index in [1.54, 1.807) is 12.1 Å². The van der Waals surface area contributed by atoms with Crippen LogP contribution >= 0.6 is 23.2 Å². The summed E-state index contributed by atoms with van der Waals surface area (Å²) >= 11 is 12.2. The molecule has 0 bridgehead atoms. The zero-order valence-corrected chi connectivity index (χ0v) is 13.0. The van der Waals surface area contributed by atoms with Crippen molar-refractivity contribution < 1.29 is 0 Å². The Morgan fingerprint density at radius 2 is 1.81 bits per heavy atom. The molecular formula is C17H14Cl2N2. The molecule has 2 N–H and O–H groups in total. The number of hydrogen-bond acceptors (Lipinski definition) is 2. The maximum Gasteiger partial charge on any atom is 0.0705 e. The predicted molar refractivity (Wildman–Crippen MR) is 89.0 cm³/mol. The van der Waals surface area contributed by atoms with Crippen LogP contribution in [0, 0.1) is 6.92 Å². The van der Waals surface area contributed by atoms with Crippen LogP contribution in [0.1, 0.15) is 22.9 Å². The molecule has 4 heteroatoms. The van der Waals surface area contributed by atoms with Crippen molar-refractivity contribution in [3.05, 3.63) is 75.4 Å². The SMILES string of the molecule is Cc1ccc2cc(C(N)c3ccc(Cl)cc3Cl)ccc2n1. The van der Waals surface area contributed by atoms with Gasteiger partial charge in [0.15, 0.2) is 0 Å². The van der Waals surface area contributed by atoms with Crippen LogP contribution in [0.3, 0.4) is 0 Å². The second kappa shape index (κ2) is 5.64. The molecule has 0 saturated heterocycles. The number of aromatic nitrogens is 1. The van der Waals surface area contributed by atoms with E-state index < -0.39 is 0 Å². The predicted octanol–water partition coefficient (Wildman–Crippen LogP) is 4.90. The van der Waals surface area contributed by atoms with Crippen LogP contribution in [0.5, 0.6) is 0 Å². The second-order valence-electron chi connectivity index (χ2n) is 5.05. The number of nitrogens with zero attached hydrogens (tertiary/aromatic N) is 1. The van der Waals surface area contributed by atoms with E-state index in [1.807, 2.05) is 31.2 Å². The van der Waals surface area contributed by atoms with Gasteiger partial charge in [-0.3, -0.25) is 4.98 Å². The van der Waals surface area contributed by atoms with Crippen molar-refractivity contribution in [3.8, 4) is 0 Å². The fourth-order valence-corrected chi connectivity index (χ4v) is 2.90. The van der Waals surface area contributed by atoms with E-state index in [-0.39, 0.29) is 6.04 Å². The van der Waals surface area contributed by atoms with Gasteiger partial charge in [0.2, 0.25) is 0 Å². The number of rotatable bonds is 2. The lowest BCUT2D eigenvalue weighted by molar-refractivity contribution is 0.873. The van der Waals surface area contributed by atoms with Gasteiger partial charge in [-0.2, -0.15) is 0 Å². The normalized spacial score (nSPS) is 12.6. The summed E-state index contributed by atoms with van der Waals surface area (Å²) in [4.78, 5) is 4.49. The van der Waals surface area contributed by atoms with Gasteiger partial charge in [0.05, 0.1) is 11.6 Å². The van der Waals surface area contributed by atoms with Gasteiger partial charge in [-0.05, 0) is 48.4 Å².